The van der Waals surface area contributed by atoms with Crippen LogP contribution in [0.25, 0.3) is 0 Å². The first-order chi connectivity index (χ1) is 8.02. The van der Waals surface area contributed by atoms with Gasteiger partial charge in [-0.05, 0) is 31.9 Å². The monoisotopic (exact) mass is 229 g/mol. The van der Waals surface area contributed by atoms with Crippen molar-refractivity contribution in [1.29, 1.82) is 0 Å². The van der Waals surface area contributed by atoms with Crippen LogP contribution in [0.3, 0.4) is 0 Å². The molecule has 0 aliphatic carbocycles. The van der Waals surface area contributed by atoms with E-state index < -0.39 is 0 Å². The standard InChI is InChI=1S/C14H19N3/c1-9-7-5-6-8-12(9)14(15)13-10(2)16-17(4)11(13)3/h5-8,14H,15H2,1-4H3. The van der Waals surface area contributed by atoms with Gasteiger partial charge in [0.15, 0.2) is 0 Å². The van der Waals surface area contributed by atoms with Gasteiger partial charge in [-0.15, -0.1) is 0 Å². The molecule has 17 heavy (non-hydrogen) atoms. The highest BCUT2D eigenvalue weighted by Crippen LogP contribution is 2.27. The Labute approximate surface area is 102 Å². The molecule has 1 atom stereocenters. The summed E-state index contributed by atoms with van der Waals surface area (Å²) < 4.78 is 1.89. The molecule has 3 heteroatoms. The minimum atomic E-state index is -0.0927. The van der Waals surface area contributed by atoms with Crippen LogP contribution in [0.5, 0.6) is 0 Å². The second-order valence-corrected chi connectivity index (χ2v) is 4.54. The fourth-order valence-electron chi connectivity index (χ4n) is 2.33. The maximum atomic E-state index is 6.38. The second kappa shape index (κ2) is 4.34. The number of aryl methyl sites for hydroxylation is 3. The molecule has 1 aromatic carbocycles. The van der Waals surface area contributed by atoms with E-state index in [2.05, 4.69) is 31.1 Å². The minimum Gasteiger partial charge on any atom is -0.320 e. The molecule has 0 radical (unpaired) electrons. The number of hydrogen-bond donors (Lipinski definition) is 1. The lowest BCUT2D eigenvalue weighted by Crippen LogP contribution is -2.15. The zero-order chi connectivity index (χ0) is 12.6. The average molecular weight is 229 g/mol. The topological polar surface area (TPSA) is 43.8 Å². The van der Waals surface area contributed by atoms with Gasteiger partial charge in [0, 0.05) is 18.3 Å². The summed E-state index contributed by atoms with van der Waals surface area (Å²) in [6, 6.07) is 8.16. The molecule has 0 bridgehead atoms. The molecule has 0 aliphatic rings. The summed E-state index contributed by atoms with van der Waals surface area (Å²) in [5.74, 6) is 0. The highest BCUT2D eigenvalue weighted by molar-refractivity contribution is 5.40. The van der Waals surface area contributed by atoms with Gasteiger partial charge in [-0.2, -0.15) is 5.10 Å². The molecule has 3 nitrogen and oxygen atoms in total. The van der Waals surface area contributed by atoms with Crippen molar-refractivity contribution in [3.8, 4) is 0 Å². The van der Waals surface area contributed by atoms with Crippen LogP contribution >= 0.6 is 0 Å². The van der Waals surface area contributed by atoms with Gasteiger partial charge >= 0.3 is 0 Å². The van der Waals surface area contributed by atoms with E-state index in [4.69, 9.17) is 5.73 Å². The molecule has 1 aromatic heterocycles. The van der Waals surface area contributed by atoms with Gasteiger partial charge in [0.05, 0.1) is 11.7 Å². The highest BCUT2D eigenvalue weighted by Gasteiger charge is 2.19. The SMILES string of the molecule is Cc1ccccc1C(N)c1c(C)nn(C)c1C. The van der Waals surface area contributed by atoms with Crippen molar-refractivity contribution in [1.82, 2.24) is 9.78 Å². The normalized spacial score (nSPS) is 12.8. The van der Waals surface area contributed by atoms with E-state index in [0.717, 1.165) is 17.0 Å². The number of hydrogen-bond acceptors (Lipinski definition) is 2. The van der Waals surface area contributed by atoms with E-state index in [1.165, 1.54) is 11.1 Å². The molecule has 1 heterocycles. The molecular formula is C14H19N3. The van der Waals surface area contributed by atoms with Crippen molar-refractivity contribution < 1.29 is 0 Å². The quantitative estimate of drug-likeness (QED) is 0.859. The van der Waals surface area contributed by atoms with E-state index in [-0.39, 0.29) is 6.04 Å². The van der Waals surface area contributed by atoms with Gasteiger partial charge in [-0.1, -0.05) is 24.3 Å². The Morgan fingerprint density at radius 3 is 2.35 bits per heavy atom. The molecule has 0 saturated carbocycles. The molecule has 2 rings (SSSR count). The largest absolute Gasteiger partial charge is 0.320 e. The van der Waals surface area contributed by atoms with Crippen molar-refractivity contribution in [2.45, 2.75) is 26.8 Å². The third-order valence-electron chi connectivity index (χ3n) is 3.40. The van der Waals surface area contributed by atoms with Crippen LogP contribution in [0, 0.1) is 20.8 Å². The van der Waals surface area contributed by atoms with Gasteiger partial charge in [0.2, 0.25) is 0 Å². The Bertz CT molecular complexity index is 540. The maximum Gasteiger partial charge on any atom is 0.0647 e. The third-order valence-corrected chi connectivity index (χ3v) is 3.40. The van der Waals surface area contributed by atoms with E-state index >= 15 is 0 Å². The summed E-state index contributed by atoms with van der Waals surface area (Å²) in [7, 11) is 1.95. The third kappa shape index (κ3) is 1.98. The van der Waals surface area contributed by atoms with E-state index in [9.17, 15) is 0 Å². The lowest BCUT2D eigenvalue weighted by atomic mass is 9.94. The summed E-state index contributed by atoms with van der Waals surface area (Å²) in [4.78, 5) is 0. The van der Waals surface area contributed by atoms with Crippen LogP contribution < -0.4 is 5.73 Å². The molecule has 0 aliphatic heterocycles. The van der Waals surface area contributed by atoms with E-state index in [1.54, 1.807) is 0 Å². The Kier molecular flexibility index (Phi) is 3.03. The van der Waals surface area contributed by atoms with Gasteiger partial charge in [0.1, 0.15) is 0 Å². The Hall–Kier alpha value is -1.61. The Morgan fingerprint density at radius 1 is 1.18 bits per heavy atom. The van der Waals surface area contributed by atoms with Gasteiger partial charge in [-0.25, -0.2) is 0 Å². The summed E-state index contributed by atoms with van der Waals surface area (Å²) in [6.45, 7) is 6.17. The summed E-state index contributed by atoms with van der Waals surface area (Å²) in [5, 5.41) is 4.42. The van der Waals surface area contributed by atoms with Crippen molar-refractivity contribution in [3.05, 3.63) is 52.3 Å². The molecule has 0 amide bonds. The van der Waals surface area contributed by atoms with Gasteiger partial charge < -0.3 is 5.73 Å². The fourth-order valence-corrected chi connectivity index (χ4v) is 2.33. The number of nitrogens with two attached hydrogens (primary N) is 1. The van der Waals surface area contributed by atoms with Crippen molar-refractivity contribution in [2.24, 2.45) is 12.8 Å². The summed E-state index contributed by atoms with van der Waals surface area (Å²) in [6.07, 6.45) is 0. The molecule has 90 valence electrons. The average Bonchev–Trinajstić information content (AvgIpc) is 2.53. The molecule has 2 aromatic rings. The number of rotatable bonds is 2. The predicted octanol–water partition coefficient (Wildman–Crippen LogP) is 2.39. The van der Waals surface area contributed by atoms with Crippen molar-refractivity contribution >= 4 is 0 Å². The zero-order valence-corrected chi connectivity index (χ0v) is 10.9. The van der Waals surface area contributed by atoms with Crippen LogP contribution in [0.15, 0.2) is 24.3 Å². The van der Waals surface area contributed by atoms with Crippen LogP contribution in [-0.4, -0.2) is 9.78 Å². The number of nitrogens with zero attached hydrogens (tertiary/aromatic N) is 2. The smallest absolute Gasteiger partial charge is 0.0647 e. The molecule has 0 spiro atoms. The predicted molar refractivity (Wildman–Crippen MR) is 69.9 cm³/mol. The van der Waals surface area contributed by atoms with Crippen LogP contribution in [0.2, 0.25) is 0 Å². The molecule has 2 N–H and O–H groups in total. The number of aromatic nitrogens is 2. The van der Waals surface area contributed by atoms with Crippen molar-refractivity contribution in [3.63, 3.8) is 0 Å². The highest BCUT2D eigenvalue weighted by atomic mass is 15.3. The van der Waals surface area contributed by atoms with E-state index in [1.807, 2.05) is 30.8 Å². The maximum absolute atomic E-state index is 6.38. The zero-order valence-electron chi connectivity index (χ0n) is 10.9. The second-order valence-electron chi connectivity index (χ2n) is 4.54. The first-order valence-corrected chi connectivity index (χ1v) is 5.83. The fraction of sp³-hybridized carbons (Fsp3) is 0.357. The van der Waals surface area contributed by atoms with Crippen LogP contribution in [-0.2, 0) is 7.05 Å². The summed E-state index contributed by atoms with van der Waals surface area (Å²) in [5.41, 5.74) is 12.1. The van der Waals surface area contributed by atoms with Gasteiger partial charge in [-0.3, -0.25) is 4.68 Å². The Morgan fingerprint density at radius 2 is 1.82 bits per heavy atom. The first kappa shape index (κ1) is 11.9. The Balaban J connectivity index is 2.51. The molecule has 1 unspecified atom stereocenters. The van der Waals surface area contributed by atoms with Crippen molar-refractivity contribution in [2.75, 3.05) is 0 Å². The molecular weight excluding hydrogens is 210 g/mol. The van der Waals surface area contributed by atoms with Crippen LogP contribution in [0.1, 0.15) is 34.1 Å². The number of benzene rings is 1. The summed E-state index contributed by atoms with van der Waals surface area (Å²) >= 11 is 0. The van der Waals surface area contributed by atoms with Crippen LogP contribution in [0.4, 0.5) is 0 Å². The van der Waals surface area contributed by atoms with Gasteiger partial charge in [0.25, 0.3) is 0 Å². The minimum absolute atomic E-state index is 0.0927. The lowest BCUT2D eigenvalue weighted by Gasteiger charge is -2.15. The van der Waals surface area contributed by atoms with E-state index in [0.29, 0.717) is 0 Å². The lowest BCUT2D eigenvalue weighted by molar-refractivity contribution is 0.728. The molecule has 0 saturated heterocycles. The first-order valence-electron chi connectivity index (χ1n) is 5.83. The molecule has 0 fully saturated rings.